The highest BCUT2D eigenvalue weighted by molar-refractivity contribution is 7.99. The number of hydrogen-bond donors (Lipinski definition) is 1. The van der Waals surface area contributed by atoms with Crippen LogP contribution in [0.3, 0.4) is 0 Å². The zero-order valence-corrected chi connectivity index (χ0v) is 15.3. The molecular weight excluding hydrogens is 356 g/mol. The second kappa shape index (κ2) is 7.97. The molecule has 136 valence electrons. The van der Waals surface area contributed by atoms with Gasteiger partial charge in [-0.3, -0.25) is 4.98 Å². The lowest BCUT2D eigenvalue weighted by Gasteiger charge is -2.14. The van der Waals surface area contributed by atoms with Crippen molar-refractivity contribution >= 4 is 11.8 Å². The van der Waals surface area contributed by atoms with E-state index in [1.807, 2.05) is 30.5 Å². The quantitative estimate of drug-likeness (QED) is 0.695. The molecule has 0 bridgehead atoms. The predicted octanol–water partition coefficient (Wildman–Crippen LogP) is 4.37. The number of halogens is 2. The Hall–Kier alpha value is -2.25. The highest BCUT2D eigenvalue weighted by atomic mass is 32.2. The molecule has 0 saturated heterocycles. The van der Waals surface area contributed by atoms with E-state index in [4.69, 9.17) is 0 Å². The summed E-state index contributed by atoms with van der Waals surface area (Å²) in [6, 6.07) is 7.20. The van der Waals surface area contributed by atoms with Gasteiger partial charge in [-0.15, -0.1) is 0 Å². The summed E-state index contributed by atoms with van der Waals surface area (Å²) < 4.78 is 29.0. The molecule has 0 aliphatic carbocycles. The fraction of sp³-hybridized carbons (Fsp3) is 0.263. The molecule has 0 aliphatic rings. The zero-order chi connectivity index (χ0) is 18.7. The molecule has 2 heterocycles. The van der Waals surface area contributed by atoms with Gasteiger partial charge in [0, 0.05) is 29.9 Å². The van der Waals surface area contributed by atoms with Crippen LogP contribution in [0, 0.1) is 11.6 Å². The lowest BCUT2D eigenvalue weighted by atomic mass is 10.1. The van der Waals surface area contributed by atoms with Gasteiger partial charge in [0.15, 0.2) is 0 Å². The zero-order valence-electron chi connectivity index (χ0n) is 14.5. The molecule has 0 radical (unpaired) electrons. The minimum atomic E-state index is -0.628. The van der Waals surface area contributed by atoms with Crippen LogP contribution in [0.25, 0.3) is 0 Å². The van der Waals surface area contributed by atoms with Gasteiger partial charge in [-0.2, -0.15) is 0 Å². The molecule has 0 atom stereocenters. The molecule has 3 aromatic rings. The summed E-state index contributed by atoms with van der Waals surface area (Å²) in [6.45, 7) is 4.37. The Morgan fingerprint density at radius 2 is 1.77 bits per heavy atom. The van der Waals surface area contributed by atoms with Crippen LogP contribution in [-0.4, -0.2) is 19.6 Å². The average molecular weight is 375 g/mol. The largest absolute Gasteiger partial charge is 0.388 e. The fourth-order valence-corrected chi connectivity index (χ4v) is 3.96. The molecule has 2 aromatic heterocycles. The number of aliphatic hydroxyl groups is 1. The molecule has 1 N–H and O–H groups in total. The summed E-state index contributed by atoms with van der Waals surface area (Å²) in [5, 5.41) is 10.4. The predicted molar refractivity (Wildman–Crippen MR) is 96.1 cm³/mol. The summed E-state index contributed by atoms with van der Waals surface area (Å²) in [7, 11) is 0. The smallest absolute Gasteiger partial charge is 0.136 e. The molecule has 0 unspecified atom stereocenters. The third-order valence-electron chi connectivity index (χ3n) is 3.88. The number of aromatic nitrogens is 3. The number of pyridine rings is 1. The molecule has 0 amide bonds. The summed E-state index contributed by atoms with van der Waals surface area (Å²) in [4.78, 5) is 8.96. The lowest BCUT2D eigenvalue weighted by Crippen LogP contribution is -2.10. The number of nitrogens with zero attached hydrogens (tertiary/aromatic N) is 3. The van der Waals surface area contributed by atoms with E-state index in [0.717, 1.165) is 17.3 Å². The molecule has 0 aliphatic heterocycles. The van der Waals surface area contributed by atoms with Crippen molar-refractivity contribution in [1.29, 1.82) is 0 Å². The monoisotopic (exact) mass is 375 g/mol. The Morgan fingerprint density at radius 3 is 2.35 bits per heavy atom. The van der Waals surface area contributed by atoms with Crippen LogP contribution < -0.4 is 0 Å². The maximum atomic E-state index is 13.5. The van der Waals surface area contributed by atoms with Gasteiger partial charge in [0.05, 0.1) is 5.69 Å². The maximum absolute atomic E-state index is 13.5. The second-order valence-electron chi connectivity index (χ2n) is 6.18. The Kier molecular flexibility index (Phi) is 5.68. The second-order valence-corrected chi connectivity index (χ2v) is 7.24. The molecular formula is C19H19F2N3OS. The topological polar surface area (TPSA) is 50.9 Å². The van der Waals surface area contributed by atoms with Crippen LogP contribution in [0.1, 0.15) is 36.8 Å². The van der Waals surface area contributed by atoms with Gasteiger partial charge in [-0.05, 0) is 35.7 Å². The third-order valence-corrected chi connectivity index (χ3v) is 4.85. The first-order chi connectivity index (χ1) is 12.5. The van der Waals surface area contributed by atoms with Crippen LogP contribution >= 0.6 is 11.8 Å². The van der Waals surface area contributed by atoms with E-state index in [1.54, 1.807) is 12.4 Å². The Balaban J connectivity index is 2.02. The van der Waals surface area contributed by atoms with Gasteiger partial charge in [0.1, 0.15) is 29.1 Å². The van der Waals surface area contributed by atoms with Gasteiger partial charge >= 0.3 is 0 Å². The summed E-state index contributed by atoms with van der Waals surface area (Å²) >= 11 is 1.20. The van der Waals surface area contributed by atoms with E-state index in [0.29, 0.717) is 22.3 Å². The van der Waals surface area contributed by atoms with Crippen molar-refractivity contribution in [2.75, 3.05) is 0 Å². The summed E-state index contributed by atoms with van der Waals surface area (Å²) in [5.74, 6) is -0.621. The van der Waals surface area contributed by atoms with E-state index in [1.165, 1.54) is 23.9 Å². The molecule has 7 heteroatoms. The number of aliphatic hydroxyl groups excluding tert-OH is 1. The van der Waals surface area contributed by atoms with Gasteiger partial charge in [0.2, 0.25) is 0 Å². The van der Waals surface area contributed by atoms with E-state index < -0.39 is 11.6 Å². The minimum absolute atomic E-state index is 0.116. The van der Waals surface area contributed by atoms with E-state index in [9.17, 15) is 13.9 Å². The number of rotatable bonds is 6. The van der Waals surface area contributed by atoms with Crippen molar-refractivity contribution in [3.8, 4) is 0 Å². The van der Waals surface area contributed by atoms with Crippen LogP contribution in [-0.2, 0) is 13.2 Å². The molecule has 26 heavy (non-hydrogen) atoms. The number of benzene rings is 1. The molecule has 3 rings (SSSR count). The first kappa shape index (κ1) is 18.5. The van der Waals surface area contributed by atoms with Crippen molar-refractivity contribution in [2.24, 2.45) is 0 Å². The first-order valence-corrected chi connectivity index (χ1v) is 9.02. The summed E-state index contributed by atoms with van der Waals surface area (Å²) in [5.41, 5.74) is 1.95. The summed E-state index contributed by atoms with van der Waals surface area (Å²) in [6.07, 6.45) is 3.43. The van der Waals surface area contributed by atoms with Crippen LogP contribution in [0.15, 0.2) is 52.6 Å². The number of imidazole rings is 1. The highest BCUT2D eigenvalue weighted by Crippen LogP contribution is 2.35. The minimum Gasteiger partial charge on any atom is -0.388 e. The van der Waals surface area contributed by atoms with Crippen LogP contribution in [0.4, 0.5) is 8.78 Å². The molecule has 1 aromatic carbocycles. The van der Waals surface area contributed by atoms with E-state index in [2.05, 4.69) is 9.97 Å². The third kappa shape index (κ3) is 4.11. The Bertz CT molecular complexity index is 877. The van der Waals surface area contributed by atoms with Crippen LogP contribution in [0.5, 0.6) is 0 Å². The average Bonchev–Trinajstić information content (AvgIpc) is 2.92. The maximum Gasteiger partial charge on any atom is 0.136 e. The highest BCUT2D eigenvalue weighted by Gasteiger charge is 2.21. The lowest BCUT2D eigenvalue weighted by molar-refractivity contribution is 0.265. The normalized spacial score (nSPS) is 11.3. The van der Waals surface area contributed by atoms with Crippen molar-refractivity contribution in [3.05, 3.63) is 71.4 Å². The van der Waals surface area contributed by atoms with Gasteiger partial charge in [0.25, 0.3) is 0 Å². The Morgan fingerprint density at radius 1 is 1.12 bits per heavy atom. The molecule has 0 spiro atoms. The van der Waals surface area contributed by atoms with Crippen molar-refractivity contribution in [1.82, 2.24) is 14.5 Å². The number of hydrogen-bond acceptors (Lipinski definition) is 4. The molecule has 4 nitrogen and oxygen atoms in total. The standard InChI is InChI=1S/C19H19F2N3OS/c1-12(2)18-19(26-16-8-14(20)7-15(21)9-16)23-17(11-25)24(18)10-13-3-5-22-6-4-13/h3-9,12,25H,10-11H2,1-2H3. The van der Waals surface area contributed by atoms with Gasteiger partial charge in [-0.25, -0.2) is 13.8 Å². The van der Waals surface area contributed by atoms with Gasteiger partial charge < -0.3 is 9.67 Å². The van der Waals surface area contributed by atoms with E-state index in [-0.39, 0.29) is 12.5 Å². The molecule has 0 saturated carbocycles. The van der Waals surface area contributed by atoms with Crippen molar-refractivity contribution in [3.63, 3.8) is 0 Å². The fourth-order valence-electron chi connectivity index (χ4n) is 2.79. The molecule has 0 fully saturated rings. The van der Waals surface area contributed by atoms with Crippen LogP contribution in [0.2, 0.25) is 0 Å². The first-order valence-electron chi connectivity index (χ1n) is 8.21. The van der Waals surface area contributed by atoms with Crippen molar-refractivity contribution in [2.45, 2.75) is 42.8 Å². The van der Waals surface area contributed by atoms with Crippen molar-refractivity contribution < 1.29 is 13.9 Å². The van der Waals surface area contributed by atoms with Gasteiger partial charge in [-0.1, -0.05) is 25.6 Å². The SMILES string of the molecule is CC(C)c1c(Sc2cc(F)cc(F)c2)nc(CO)n1Cc1ccncc1. The Labute approximate surface area is 154 Å². The van der Waals surface area contributed by atoms with E-state index >= 15 is 0 Å².